The number of piperidine rings is 1. The lowest BCUT2D eigenvalue weighted by Gasteiger charge is -2.36. The number of alkyl carbamates (subject to hydrolysis) is 2. The molecule has 0 radical (unpaired) electrons. The number of sulfonamides is 1. The number of ether oxygens (including phenoxy) is 11. The standard InChI is InChI=1S/C10H18N2O3.C9H15F2NO2.C9H18N2O4S.C8H14N2O3.C8H13NO4.C8H15NO3.C8H15NO2.C7H14N2O2.C7H13NO3/c1-8(2)15-10(14)12-6-4-11(5-7-12)9(3)13;1-7(2)14-8(13)12-5-3-9(10,11)4-6-12;1-8(2)15-9(12)10-4-6-11(7-5-10)16(3,13)14;1-6(2)13-8(12)10-4-3-9-7(11)5-10;1-6(2)13-8(11)9-3-7(4-9)12-5-10;1-7(2)12-8(10)9-3-5-11-6-4-9;1-6(2)9-8(10)11-7-4-3-5-7;1-5(2)9-7(10)11-6-3-8-4-6;1-5(2)11-7(10)8-3-6(9)4-8/h8H,4-7H2,1-3H3;7H,3-6H2,1-2H3;8H,4-7H2,1-3H3;6H,3-5H2,1-2H3,(H,9,11);5-7H,3-4H2,1-2H3;7H,3-6H2,1-2H3;6-7H,3-5H2,1-2H3,(H,9,10);5-6,8H,3-4H2,1-2H3,(H,9,10);5-6,9H,3-4H2,1-2H3. The summed E-state index contributed by atoms with van der Waals surface area (Å²) in [4.78, 5) is 145. The van der Waals surface area contributed by atoms with Crippen LogP contribution >= 0.6 is 0 Å². The average Bonchev–Trinajstić information content (AvgIpc) is 0.845. The summed E-state index contributed by atoms with van der Waals surface area (Å²) < 4.78 is 104. The first-order valence-electron chi connectivity index (χ1n) is 39.6. The summed E-state index contributed by atoms with van der Waals surface area (Å²) in [6.45, 7) is 45.5. The largest absolute Gasteiger partial charge is 0.461 e. The van der Waals surface area contributed by atoms with E-state index in [9.17, 15) is 74.7 Å². The second-order valence-electron chi connectivity index (χ2n) is 30.4. The summed E-state index contributed by atoms with van der Waals surface area (Å²) in [6.07, 6.45) is -0.210. The first-order chi connectivity index (χ1) is 54.1. The molecule has 672 valence electrons. The van der Waals surface area contributed by atoms with E-state index in [0.29, 0.717) is 124 Å². The Morgan fingerprint density at radius 2 is 0.810 bits per heavy atom. The second kappa shape index (κ2) is 55.2. The number of carbonyl (C=O) groups excluding carboxylic acids is 12. The van der Waals surface area contributed by atoms with Gasteiger partial charge in [0.1, 0.15) is 24.9 Å². The molecular formula is C74H135F2N13O26S. The molecule has 0 atom stereocenters. The van der Waals surface area contributed by atoms with Gasteiger partial charge in [0.05, 0.1) is 94.5 Å². The maximum atomic E-state index is 12.7. The molecule has 0 unspecified atom stereocenters. The van der Waals surface area contributed by atoms with Crippen LogP contribution in [0.4, 0.5) is 51.9 Å². The van der Waals surface area contributed by atoms with Gasteiger partial charge in [-0.2, -0.15) is 4.31 Å². The van der Waals surface area contributed by atoms with Crippen LogP contribution in [-0.4, -0.2) is 372 Å². The topological polar surface area (TPSA) is 438 Å². The molecule has 9 fully saturated rings. The molecule has 0 bridgehead atoms. The smallest absolute Gasteiger partial charge is 0.410 e. The van der Waals surface area contributed by atoms with Crippen molar-refractivity contribution >= 4 is 83.1 Å². The molecule has 116 heavy (non-hydrogen) atoms. The number of nitrogens with zero attached hydrogens (tertiary/aromatic N) is 9. The van der Waals surface area contributed by atoms with Gasteiger partial charge in [-0.25, -0.2) is 60.3 Å². The fourth-order valence-electron chi connectivity index (χ4n) is 9.93. The summed E-state index contributed by atoms with van der Waals surface area (Å²) in [6, 6.07) is 0.318. The van der Waals surface area contributed by atoms with Crippen LogP contribution in [0.25, 0.3) is 0 Å². The minimum atomic E-state index is -3.14. The van der Waals surface area contributed by atoms with E-state index in [1.807, 2.05) is 55.4 Å². The lowest BCUT2D eigenvalue weighted by atomic mass is 9.96. The predicted octanol–water partition coefficient (Wildman–Crippen LogP) is 6.26. The van der Waals surface area contributed by atoms with Crippen molar-refractivity contribution in [3.05, 3.63) is 0 Å². The number of β-amino-alcohol motifs (C(OH)–C–C–N with tert-alkyl or cyclic N) is 1. The van der Waals surface area contributed by atoms with E-state index in [0.717, 1.165) is 25.9 Å². The highest BCUT2D eigenvalue weighted by Gasteiger charge is 2.38. The van der Waals surface area contributed by atoms with E-state index in [1.54, 1.807) is 90.9 Å². The van der Waals surface area contributed by atoms with E-state index in [1.165, 1.54) is 41.5 Å². The molecule has 9 rings (SSSR count). The number of carbonyl (C=O) groups is 12. The number of hydrogen-bond donors (Lipinski definition) is 5. The number of morpholine rings is 1. The van der Waals surface area contributed by atoms with Crippen LogP contribution < -0.4 is 21.3 Å². The molecule has 39 nitrogen and oxygen atoms in total. The number of amides is 11. The van der Waals surface area contributed by atoms with Gasteiger partial charge in [-0.1, -0.05) is 0 Å². The van der Waals surface area contributed by atoms with Crippen LogP contribution in [0.2, 0.25) is 0 Å². The Labute approximate surface area is 682 Å². The number of aliphatic hydroxyl groups is 1. The first-order valence-corrected chi connectivity index (χ1v) is 41.5. The lowest BCUT2D eigenvalue weighted by Crippen LogP contribution is -2.55. The molecule has 0 aromatic carbocycles. The summed E-state index contributed by atoms with van der Waals surface area (Å²) in [5.41, 5.74) is 0. The molecule has 11 amide bonds. The fraction of sp³-hybridized carbons (Fsp3) is 0.838. The fourth-order valence-corrected chi connectivity index (χ4v) is 10.8. The quantitative estimate of drug-likeness (QED) is 0.0946. The predicted molar refractivity (Wildman–Crippen MR) is 420 cm³/mol. The Morgan fingerprint density at radius 3 is 1.12 bits per heavy atom. The molecule has 5 N–H and O–H groups in total. The monoisotopic (exact) mass is 1690 g/mol. The third-order valence-electron chi connectivity index (χ3n) is 16.3. The van der Waals surface area contributed by atoms with Crippen molar-refractivity contribution in [2.45, 2.75) is 249 Å². The van der Waals surface area contributed by atoms with Crippen molar-refractivity contribution in [2.24, 2.45) is 0 Å². The van der Waals surface area contributed by atoms with Crippen molar-refractivity contribution in [1.82, 2.24) is 64.8 Å². The number of alkyl halides is 2. The minimum absolute atomic E-state index is 0.0413. The number of piperazine rings is 3. The van der Waals surface area contributed by atoms with Gasteiger partial charge >= 0.3 is 54.8 Å². The van der Waals surface area contributed by atoms with Gasteiger partial charge < -0.3 is 113 Å². The van der Waals surface area contributed by atoms with Crippen LogP contribution in [0.1, 0.15) is 164 Å². The zero-order valence-electron chi connectivity index (χ0n) is 71.7. The number of halogens is 2. The summed E-state index contributed by atoms with van der Waals surface area (Å²) in [7, 11) is -3.14. The van der Waals surface area contributed by atoms with E-state index in [-0.39, 0.29) is 166 Å². The van der Waals surface area contributed by atoms with Gasteiger partial charge in [-0.15, -0.1) is 0 Å². The van der Waals surface area contributed by atoms with E-state index >= 15 is 0 Å². The third kappa shape index (κ3) is 48.3. The molecule has 1 aliphatic carbocycles. The van der Waals surface area contributed by atoms with Crippen molar-refractivity contribution in [3.63, 3.8) is 0 Å². The van der Waals surface area contributed by atoms with Gasteiger partial charge in [-0.05, 0) is 144 Å². The second-order valence-corrected chi connectivity index (χ2v) is 32.4. The van der Waals surface area contributed by atoms with Gasteiger partial charge in [0.2, 0.25) is 21.8 Å². The number of aliphatic hydroxyl groups excluding tert-OH is 1. The van der Waals surface area contributed by atoms with Gasteiger partial charge in [0.15, 0.2) is 0 Å². The van der Waals surface area contributed by atoms with Crippen molar-refractivity contribution in [1.29, 1.82) is 0 Å². The number of rotatable bonds is 14. The van der Waals surface area contributed by atoms with Crippen LogP contribution in [0, 0.1) is 0 Å². The highest BCUT2D eigenvalue weighted by Crippen LogP contribution is 2.28. The zero-order chi connectivity index (χ0) is 88.2. The van der Waals surface area contributed by atoms with E-state index in [2.05, 4.69) is 26.0 Å². The molecule has 0 aromatic heterocycles. The van der Waals surface area contributed by atoms with Gasteiger partial charge in [0, 0.05) is 137 Å². The molecule has 0 spiro atoms. The maximum Gasteiger partial charge on any atom is 0.410 e. The van der Waals surface area contributed by atoms with Crippen LogP contribution in [0.5, 0.6) is 0 Å². The summed E-state index contributed by atoms with van der Waals surface area (Å²) in [5, 5.41) is 19.8. The van der Waals surface area contributed by atoms with Gasteiger partial charge in [-0.3, -0.25) is 19.3 Å². The number of hydrogen-bond acceptors (Lipinski definition) is 27. The van der Waals surface area contributed by atoms with Crippen molar-refractivity contribution < 1.29 is 132 Å². The average molecular weight is 1690 g/mol. The molecule has 8 saturated heterocycles. The SMILES string of the molecule is CC(=O)N1CCN(C(=O)OC(C)C)CC1.CC(C)NC(=O)OC1CCC1.CC(C)NC(=O)OC1CNC1.CC(C)OC(=O)N1CC(O)C1.CC(C)OC(=O)N1CC(OC=O)C1.CC(C)OC(=O)N1CCC(F)(F)CC1.CC(C)OC(=O)N1CCN(S(C)(=O)=O)CC1.CC(C)OC(=O)N1CCNC(=O)C1.CC(C)OC(=O)N1CCOCC1. The van der Waals surface area contributed by atoms with Gasteiger partial charge in [0.25, 0.3) is 12.4 Å². The minimum Gasteiger partial charge on any atom is -0.461 e. The Kier molecular flexibility index (Phi) is 50.2. The Balaban J connectivity index is 0.000000654. The van der Waals surface area contributed by atoms with Crippen LogP contribution in [0.3, 0.4) is 0 Å². The Bertz CT molecular complexity index is 3020. The highest BCUT2D eigenvalue weighted by molar-refractivity contribution is 7.88. The number of likely N-dealkylation sites (tertiary alicyclic amines) is 3. The van der Waals surface area contributed by atoms with Crippen molar-refractivity contribution in [2.75, 3.05) is 157 Å². The molecule has 8 aliphatic heterocycles. The molecular weight excluding hydrogens is 1560 g/mol. The molecule has 42 heteroatoms. The molecule has 1 saturated carbocycles. The first kappa shape index (κ1) is 105. The summed E-state index contributed by atoms with van der Waals surface area (Å²) >= 11 is 0. The number of nitrogens with one attached hydrogen (secondary N) is 4. The van der Waals surface area contributed by atoms with E-state index in [4.69, 9.17) is 52.5 Å². The third-order valence-corrected chi connectivity index (χ3v) is 17.6. The molecule has 8 heterocycles. The van der Waals surface area contributed by atoms with Crippen molar-refractivity contribution in [3.8, 4) is 0 Å². The Hall–Kier alpha value is -8.51. The zero-order valence-corrected chi connectivity index (χ0v) is 72.5. The lowest BCUT2D eigenvalue weighted by molar-refractivity contribution is -0.140. The van der Waals surface area contributed by atoms with E-state index < -0.39 is 28.1 Å². The molecule has 0 aromatic rings. The normalized spacial score (nSPS) is 18.1. The summed E-state index contributed by atoms with van der Waals surface area (Å²) in [5.74, 6) is -2.69. The highest BCUT2D eigenvalue weighted by atomic mass is 32.2. The van der Waals surface area contributed by atoms with Crippen LogP contribution in [-0.2, 0) is 76.5 Å². The van der Waals surface area contributed by atoms with Crippen LogP contribution in [0.15, 0.2) is 0 Å². The Morgan fingerprint density at radius 1 is 0.474 bits per heavy atom. The molecule has 9 aliphatic rings. The maximum absolute atomic E-state index is 12.7.